The SMILES string of the molecule is COCC(C)(C)c1c([C@H]2CC[C@](F)(C(=O)O)CC2)c2nc3[nH]ncc3cc2n1-c1ccc(F)c(OC)c1. The lowest BCUT2D eigenvalue weighted by Gasteiger charge is -2.34. The van der Waals surface area contributed by atoms with Crippen molar-refractivity contribution in [3.05, 3.63) is 47.5 Å². The summed E-state index contributed by atoms with van der Waals surface area (Å²) in [4.78, 5) is 16.5. The molecule has 0 aliphatic heterocycles. The first-order valence-electron chi connectivity index (χ1n) is 12.2. The van der Waals surface area contributed by atoms with E-state index < -0.39 is 22.9 Å². The molecule has 1 aliphatic carbocycles. The van der Waals surface area contributed by atoms with Crippen LogP contribution in [0.4, 0.5) is 8.78 Å². The van der Waals surface area contributed by atoms with Gasteiger partial charge in [0.1, 0.15) is 0 Å². The summed E-state index contributed by atoms with van der Waals surface area (Å²) in [5.74, 6) is -1.91. The van der Waals surface area contributed by atoms with Crippen molar-refractivity contribution in [3.63, 3.8) is 0 Å². The van der Waals surface area contributed by atoms with E-state index in [1.54, 1.807) is 25.4 Å². The monoisotopic (exact) mass is 512 g/mol. The fourth-order valence-electron chi connectivity index (χ4n) is 5.71. The number of alkyl halides is 1. The Kier molecular flexibility index (Phi) is 6.18. The summed E-state index contributed by atoms with van der Waals surface area (Å²) in [6.45, 7) is 4.49. The number of aromatic nitrogens is 4. The quantitative estimate of drug-likeness (QED) is 0.343. The number of nitrogens with zero attached hydrogens (tertiary/aromatic N) is 3. The third-order valence-corrected chi connectivity index (χ3v) is 7.49. The molecule has 3 aromatic heterocycles. The lowest BCUT2D eigenvalue weighted by Crippen LogP contribution is -2.38. The predicted molar refractivity (Wildman–Crippen MR) is 135 cm³/mol. The van der Waals surface area contributed by atoms with E-state index in [0.717, 1.165) is 22.2 Å². The summed E-state index contributed by atoms with van der Waals surface area (Å²) < 4.78 is 42.3. The van der Waals surface area contributed by atoms with Gasteiger partial charge in [0, 0.05) is 40.9 Å². The van der Waals surface area contributed by atoms with Crippen molar-refractivity contribution < 1.29 is 28.2 Å². The zero-order chi connectivity index (χ0) is 26.5. The molecule has 4 aromatic rings. The molecule has 10 heteroatoms. The van der Waals surface area contributed by atoms with E-state index in [-0.39, 0.29) is 24.5 Å². The van der Waals surface area contributed by atoms with Crippen molar-refractivity contribution >= 4 is 28.0 Å². The summed E-state index contributed by atoms with van der Waals surface area (Å²) in [7, 11) is 3.05. The van der Waals surface area contributed by atoms with Crippen LogP contribution in [0.1, 0.15) is 56.7 Å². The number of hydrogen-bond acceptors (Lipinski definition) is 5. The number of pyridine rings is 1. The van der Waals surface area contributed by atoms with Crippen molar-refractivity contribution in [1.82, 2.24) is 19.7 Å². The third-order valence-electron chi connectivity index (χ3n) is 7.49. The lowest BCUT2D eigenvalue weighted by atomic mass is 9.74. The van der Waals surface area contributed by atoms with Gasteiger partial charge in [-0.15, -0.1) is 0 Å². The first-order valence-corrected chi connectivity index (χ1v) is 12.2. The average Bonchev–Trinajstić information content (AvgIpc) is 3.45. The van der Waals surface area contributed by atoms with Crippen molar-refractivity contribution in [2.24, 2.45) is 0 Å². The number of nitrogens with one attached hydrogen (secondary N) is 1. The number of carboxylic acid groups (broad SMARTS) is 1. The molecule has 0 spiro atoms. The van der Waals surface area contributed by atoms with E-state index in [4.69, 9.17) is 14.5 Å². The van der Waals surface area contributed by atoms with Gasteiger partial charge in [0.05, 0.1) is 30.9 Å². The average molecular weight is 513 g/mol. The van der Waals surface area contributed by atoms with Crippen molar-refractivity contribution in [2.75, 3.05) is 20.8 Å². The first-order chi connectivity index (χ1) is 17.6. The van der Waals surface area contributed by atoms with Crippen LogP contribution < -0.4 is 4.74 Å². The van der Waals surface area contributed by atoms with E-state index in [1.165, 1.54) is 13.2 Å². The number of rotatable bonds is 7. The predicted octanol–water partition coefficient (Wildman–Crippen LogP) is 5.42. The number of fused-ring (bicyclic) bond motifs is 2. The van der Waals surface area contributed by atoms with Crippen LogP contribution >= 0.6 is 0 Å². The number of halogens is 2. The maximum absolute atomic E-state index is 15.0. The highest BCUT2D eigenvalue weighted by molar-refractivity contribution is 5.94. The fourth-order valence-corrected chi connectivity index (χ4v) is 5.71. The zero-order valence-corrected chi connectivity index (χ0v) is 21.3. The number of carbonyl (C=O) groups is 1. The molecular weight excluding hydrogens is 482 g/mol. The van der Waals surface area contributed by atoms with Crippen LogP contribution in [-0.4, -0.2) is 57.3 Å². The Balaban J connectivity index is 1.82. The Morgan fingerprint density at radius 2 is 2.00 bits per heavy atom. The van der Waals surface area contributed by atoms with Gasteiger partial charge in [0.25, 0.3) is 0 Å². The number of benzene rings is 1. The molecule has 5 rings (SSSR count). The maximum atomic E-state index is 15.0. The molecule has 8 nitrogen and oxygen atoms in total. The molecule has 0 saturated heterocycles. The molecule has 196 valence electrons. The minimum absolute atomic E-state index is 0.0828. The second-order valence-electron chi connectivity index (χ2n) is 10.4. The minimum Gasteiger partial charge on any atom is -0.494 e. The van der Waals surface area contributed by atoms with E-state index in [1.807, 2.05) is 10.6 Å². The van der Waals surface area contributed by atoms with E-state index in [0.29, 0.717) is 36.3 Å². The number of H-pyrrole nitrogens is 1. The van der Waals surface area contributed by atoms with E-state index in [9.17, 15) is 14.3 Å². The molecule has 0 bridgehead atoms. The molecule has 0 radical (unpaired) electrons. The largest absolute Gasteiger partial charge is 0.494 e. The molecule has 1 aliphatic rings. The maximum Gasteiger partial charge on any atom is 0.341 e. The minimum atomic E-state index is -2.23. The zero-order valence-electron chi connectivity index (χ0n) is 21.3. The van der Waals surface area contributed by atoms with Crippen molar-refractivity contribution in [3.8, 4) is 11.4 Å². The van der Waals surface area contributed by atoms with E-state index >= 15 is 4.39 Å². The summed E-state index contributed by atoms with van der Waals surface area (Å²) in [6, 6.07) is 6.67. The molecule has 0 amide bonds. The molecule has 37 heavy (non-hydrogen) atoms. The fraction of sp³-hybridized carbons (Fsp3) is 0.444. The lowest BCUT2D eigenvalue weighted by molar-refractivity contribution is -0.153. The summed E-state index contributed by atoms with van der Waals surface area (Å²) in [5.41, 5.74) is 1.85. The van der Waals surface area contributed by atoms with Crippen molar-refractivity contribution in [1.29, 1.82) is 0 Å². The summed E-state index contributed by atoms with van der Waals surface area (Å²) in [6.07, 6.45) is 2.23. The topological polar surface area (TPSA) is 102 Å². The number of ether oxygens (including phenoxy) is 2. The van der Waals surface area contributed by atoms with E-state index in [2.05, 4.69) is 24.0 Å². The Morgan fingerprint density at radius 3 is 2.65 bits per heavy atom. The van der Waals surface area contributed by atoms with Crippen LogP contribution in [0.2, 0.25) is 0 Å². The van der Waals surface area contributed by atoms with Gasteiger partial charge in [0.15, 0.2) is 17.2 Å². The number of carboxylic acids is 1. The van der Waals surface area contributed by atoms with Crippen LogP contribution in [0.3, 0.4) is 0 Å². The Hall–Kier alpha value is -3.53. The number of aromatic amines is 1. The smallest absolute Gasteiger partial charge is 0.341 e. The molecule has 2 N–H and O–H groups in total. The number of hydrogen-bond donors (Lipinski definition) is 2. The Bertz CT molecular complexity index is 1480. The van der Waals surface area contributed by atoms with Gasteiger partial charge >= 0.3 is 5.97 Å². The Morgan fingerprint density at radius 1 is 1.27 bits per heavy atom. The molecule has 0 atom stereocenters. The molecular formula is C27H30F2N4O4. The van der Waals surface area contributed by atoms with Crippen LogP contribution in [-0.2, 0) is 14.9 Å². The standard InChI is InChI=1S/C27H30F2N4O4/c1-26(2,14-36-3)23-21(15-7-9-27(29,10-8-15)25(34)35)22-19(11-16-13-30-32-24(16)31-22)33(23)17-5-6-18(28)20(12-17)37-4/h5-6,11-13,15H,7-10,14H2,1-4H3,(H,34,35)(H,30,31,32)/t15-,27+. The van der Waals surface area contributed by atoms with Crippen LogP contribution in [0.25, 0.3) is 27.8 Å². The third kappa shape index (κ3) is 4.13. The highest BCUT2D eigenvalue weighted by Gasteiger charge is 2.45. The van der Waals surface area contributed by atoms with Crippen LogP contribution in [0, 0.1) is 5.82 Å². The molecule has 1 saturated carbocycles. The highest BCUT2D eigenvalue weighted by atomic mass is 19.1. The molecule has 1 fully saturated rings. The first kappa shape index (κ1) is 25.1. The van der Waals surface area contributed by atoms with Gasteiger partial charge in [-0.3, -0.25) is 5.10 Å². The number of methoxy groups -OCH3 is 2. The Labute approximate surface area is 212 Å². The normalized spacial score (nSPS) is 20.5. The van der Waals surface area contributed by atoms with Crippen LogP contribution in [0.5, 0.6) is 5.75 Å². The molecule has 0 unspecified atom stereocenters. The summed E-state index contributed by atoms with van der Waals surface area (Å²) in [5, 5.41) is 17.3. The second-order valence-corrected chi connectivity index (χ2v) is 10.4. The van der Waals surface area contributed by atoms with Gasteiger partial charge in [-0.25, -0.2) is 18.6 Å². The van der Waals surface area contributed by atoms with Gasteiger partial charge in [0.2, 0.25) is 5.67 Å². The second kappa shape index (κ2) is 9.09. The highest BCUT2D eigenvalue weighted by Crippen LogP contribution is 2.48. The van der Waals surface area contributed by atoms with Gasteiger partial charge < -0.3 is 19.1 Å². The van der Waals surface area contributed by atoms with Gasteiger partial charge in [-0.2, -0.15) is 5.10 Å². The van der Waals surface area contributed by atoms with Crippen molar-refractivity contribution in [2.45, 2.75) is 56.5 Å². The van der Waals surface area contributed by atoms with Gasteiger partial charge in [-0.1, -0.05) is 13.8 Å². The number of aliphatic carboxylic acids is 1. The molecule has 1 aromatic carbocycles. The molecule has 3 heterocycles. The van der Waals surface area contributed by atoms with Crippen LogP contribution in [0.15, 0.2) is 30.5 Å². The summed E-state index contributed by atoms with van der Waals surface area (Å²) >= 11 is 0. The van der Waals surface area contributed by atoms with Gasteiger partial charge in [-0.05, 0) is 49.8 Å².